The van der Waals surface area contributed by atoms with Crippen LogP contribution in [0.3, 0.4) is 0 Å². The molecular weight excluding hydrogens is 188 g/mol. The van der Waals surface area contributed by atoms with Crippen molar-refractivity contribution in [2.75, 3.05) is 26.2 Å². The second-order valence-electron chi connectivity index (χ2n) is 3.93. The van der Waals surface area contributed by atoms with Crippen LogP contribution in [0.4, 0.5) is 0 Å². The van der Waals surface area contributed by atoms with E-state index >= 15 is 0 Å². The molecule has 0 saturated carbocycles. The Morgan fingerprint density at radius 1 is 1.13 bits per heavy atom. The van der Waals surface area contributed by atoms with Gasteiger partial charge in [0.25, 0.3) is 0 Å². The van der Waals surface area contributed by atoms with Gasteiger partial charge in [-0.15, -0.1) is 0 Å². The zero-order valence-electron chi connectivity index (χ0n) is 10.5. The van der Waals surface area contributed by atoms with Gasteiger partial charge in [0.15, 0.2) is 0 Å². The highest BCUT2D eigenvalue weighted by Gasteiger charge is 2.07. The van der Waals surface area contributed by atoms with Crippen LogP contribution in [0.1, 0.15) is 46.5 Å². The summed E-state index contributed by atoms with van der Waals surface area (Å²) in [6.45, 7) is 9.78. The zero-order valence-corrected chi connectivity index (χ0v) is 10.5. The van der Waals surface area contributed by atoms with Crippen LogP contribution < -0.4 is 5.32 Å². The van der Waals surface area contributed by atoms with Crippen LogP contribution in [0.5, 0.6) is 0 Å². The SMILES string of the molecule is CCCCNC(=O)CN(CC)CCCC. The van der Waals surface area contributed by atoms with Crippen molar-refractivity contribution in [3.63, 3.8) is 0 Å². The first kappa shape index (κ1) is 14.4. The number of hydrogen-bond acceptors (Lipinski definition) is 2. The summed E-state index contributed by atoms with van der Waals surface area (Å²) in [5.74, 6) is 0.168. The molecule has 0 unspecified atom stereocenters. The van der Waals surface area contributed by atoms with Crippen LogP contribution >= 0.6 is 0 Å². The van der Waals surface area contributed by atoms with Gasteiger partial charge < -0.3 is 5.32 Å². The lowest BCUT2D eigenvalue weighted by Gasteiger charge is -2.19. The number of carbonyl (C=O) groups is 1. The van der Waals surface area contributed by atoms with Crippen LogP contribution in [-0.2, 0) is 4.79 Å². The number of hydrogen-bond donors (Lipinski definition) is 1. The summed E-state index contributed by atoms with van der Waals surface area (Å²) in [4.78, 5) is 13.7. The molecule has 1 amide bonds. The number of likely N-dealkylation sites (N-methyl/N-ethyl adjacent to an activating group) is 1. The van der Waals surface area contributed by atoms with Gasteiger partial charge in [-0.25, -0.2) is 0 Å². The molecule has 1 N–H and O–H groups in total. The van der Waals surface area contributed by atoms with E-state index in [1.54, 1.807) is 0 Å². The molecule has 0 spiro atoms. The van der Waals surface area contributed by atoms with Gasteiger partial charge in [-0.1, -0.05) is 33.6 Å². The molecule has 15 heavy (non-hydrogen) atoms. The third-order valence-electron chi connectivity index (χ3n) is 2.49. The van der Waals surface area contributed by atoms with Gasteiger partial charge in [-0.3, -0.25) is 9.69 Å². The molecule has 0 rings (SSSR count). The maximum Gasteiger partial charge on any atom is 0.234 e. The highest BCUT2D eigenvalue weighted by atomic mass is 16.2. The molecule has 0 heterocycles. The second-order valence-corrected chi connectivity index (χ2v) is 3.93. The van der Waals surface area contributed by atoms with Gasteiger partial charge in [0.1, 0.15) is 0 Å². The van der Waals surface area contributed by atoms with Crippen molar-refractivity contribution < 1.29 is 4.79 Å². The lowest BCUT2D eigenvalue weighted by Crippen LogP contribution is -2.38. The van der Waals surface area contributed by atoms with E-state index in [2.05, 4.69) is 31.0 Å². The van der Waals surface area contributed by atoms with Crippen LogP contribution in [0, 0.1) is 0 Å². The molecule has 0 atom stereocenters. The van der Waals surface area contributed by atoms with Crippen LogP contribution in [0.2, 0.25) is 0 Å². The molecule has 0 aromatic carbocycles. The Labute approximate surface area is 94.2 Å². The summed E-state index contributed by atoms with van der Waals surface area (Å²) in [7, 11) is 0. The molecule has 0 saturated heterocycles. The van der Waals surface area contributed by atoms with E-state index in [1.807, 2.05) is 0 Å². The third-order valence-corrected chi connectivity index (χ3v) is 2.49. The predicted molar refractivity (Wildman–Crippen MR) is 64.9 cm³/mol. The Balaban J connectivity index is 3.60. The lowest BCUT2D eigenvalue weighted by atomic mass is 10.3. The van der Waals surface area contributed by atoms with E-state index in [-0.39, 0.29) is 5.91 Å². The number of carbonyl (C=O) groups excluding carboxylic acids is 1. The molecule has 0 aliphatic carbocycles. The molecule has 0 bridgehead atoms. The molecule has 3 nitrogen and oxygen atoms in total. The number of amides is 1. The second kappa shape index (κ2) is 9.97. The van der Waals surface area contributed by atoms with Crippen molar-refractivity contribution in [1.82, 2.24) is 10.2 Å². The summed E-state index contributed by atoms with van der Waals surface area (Å²) >= 11 is 0. The smallest absolute Gasteiger partial charge is 0.234 e. The van der Waals surface area contributed by atoms with E-state index in [0.717, 1.165) is 32.5 Å². The minimum absolute atomic E-state index is 0.168. The Hall–Kier alpha value is -0.570. The average molecular weight is 214 g/mol. The topological polar surface area (TPSA) is 32.3 Å². The standard InChI is InChI=1S/C12H26N2O/c1-4-7-9-13-12(15)11-14(6-3)10-8-5-2/h4-11H2,1-3H3,(H,13,15). The number of rotatable bonds is 9. The summed E-state index contributed by atoms with van der Waals surface area (Å²) in [6.07, 6.45) is 4.57. The Bertz CT molecular complexity index is 160. The summed E-state index contributed by atoms with van der Waals surface area (Å²) < 4.78 is 0. The summed E-state index contributed by atoms with van der Waals surface area (Å²) in [6, 6.07) is 0. The Morgan fingerprint density at radius 2 is 1.80 bits per heavy atom. The fourth-order valence-electron chi connectivity index (χ4n) is 1.39. The van der Waals surface area contributed by atoms with E-state index in [4.69, 9.17) is 0 Å². The third kappa shape index (κ3) is 8.43. The zero-order chi connectivity index (χ0) is 11.5. The summed E-state index contributed by atoms with van der Waals surface area (Å²) in [5.41, 5.74) is 0. The molecule has 0 aliphatic rings. The average Bonchev–Trinajstić information content (AvgIpc) is 2.24. The Morgan fingerprint density at radius 3 is 2.33 bits per heavy atom. The molecule has 0 radical (unpaired) electrons. The van der Waals surface area contributed by atoms with Crippen molar-refractivity contribution in [1.29, 1.82) is 0 Å². The molecule has 0 aliphatic heterocycles. The van der Waals surface area contributed by atoms with Crippen LogP contribution in [0.25, 0.3) is 0 Å². The maximum atomic E-state index is 11.5. The normalized spacial score (nSPS) is 10.7. The van der Waals surface area contributed by atoms with E-state index < -0.39 is 0 Å². The highest BCUT2D eigenvalue weighted by molar-refractivity contribution is 5.77. The van der Waals surface area contributed by atoms with Crippen molar-refractivity contribution in [2.24, 2.45) is 0 Å². The van der Waals surface area contributed by atoms with Crippen molar-refractivity contribution >= 4 is 5.91 Å². The maximum absolute atomic E-state index is 11.5. The van der Waals surface area contributed by atoms with Crippen molar-refractivity contribution in [3.05, 3.63) is 0 Å². The van der Waals surface area contributed by atoms with Crippen molar-refractivity contribution in [3.8, 4) is 0 Å². The molecule has 0 fully saturated rings. The van der Waals surface area contributed by atoms with E-state index in [1.165, 1.54) is 12.8 Å². The van der Waals surface area contributed by atoms with Crippen LogP contribution in [0.15, 0.2) is 0 Å². The molecule has 0 aromatic rings. The first-order chi connectivity index (χ1) is 7.24. The fourth-order valence-corrected chi connectivity index (χ4v) is 1.39. The van der Waals surface area contributed by atoms with Gasteiger partial charge >= 0.3 is 0 Å². The van der Waals surface area contributed by atoms with Crippen molar-refractivity contribution in [2.45, 2.75) is 46.5 Å². The monoisotopic (exact) mass is 214 g/mol. The first-order valence-corrected chi connectivity index (χ1v) is 6.23. The lowest BCUT2D eigenvalue weighted by molar-refractivity contribution is -0.122. The molecule has 3 heteroatoms. The van der Waals surface area contributed by atoms with E-state index in [0.29, 0.717) is 6.54 Å². The minimum Gasteiger partial charge on any atom is -0.355 e. The van der Waals surface area contributed by atoms with Gasteiger partial charge in [0, 0.05) is 6.54 Å². The first-order valence-electron chi connectivity index (χ1n) is 6.23. The Kier molecular flexibility index (Phi) is 9.59. The van der Waals surface area contributed by atoms with Gasteiger partial charge in [0.2, 0.25) is 5.91 Å². The summed E-state index contributed by atoms with van der Waals surface area (Å²) in [5, 5.41) is 2.94. The molecule has 90 valence electrons. The largest absolute Gasteiger partial charge is 0.355 e. The van der Waals surface area contributed by atoms with Gasteiger partial charge in [-0.05, 0) is 25.9 Å². The number of unbranched alkanes of at least 4 members (excludes halogenated alkanes) is 2. The van der Waals surface area contributed by atoms with E-state index in [9.17, 15) is 4.79 Å². The van der Waals surface area contributed by atoms with Gasteiger partial charge in [-0.2, -0.15) is 0 Å². The molecular formula is C12H26N2O. The number of nitrogens with one attached hydrogen (secondary N) is 1. The number of nitrogens with zero attached hydrogens (tertiary/aromatic N) is 1. The highest BCUT2D eigenvalue weighted by Crippen LogP contribution is 1.94. The van der Waals surface area contributed by atoms with Crippen LogP contribution in [-0.4, -0.2) is 37.0 Å². The van der Waals surface area contributed by atoms with Gasteiger partial charge in [0.05, 0.1) is 6.54 Å². The minimum atomic E-state index is 0.168. The fraction of sp³-hybridized carbons (Fsp3) is 0.917. The predicted octanol–water partition coefficient (Wildman–Crippen LogP) is 2.02. The quantitative estimate of drug-likeness (QED) is 0.596. The molecule has 0 aromatic heterocycles.